The van der Waals surface area contributed by atoms with Crippen molar-refractivity contribution in [1.82, 2.24) is 9.80 Å². The summed E-state index contributed by atoms with van der Waals surface area (Å²) in [6, 6.07) is 12.8. The number of hydrogen-bond acceptors (Lipinski definition) is 7. The number of amides is 2. The topological polar surface area (TPSA) is 126 Å². The molecule has 234 valence electrons. The summed E-state index contributed by atoms with van der Waals surface area (Å²) in [6.45, 7) is 5.55. The van der Waals surface area contributed by atoms with E-state index in [-0.39, 0.29) is 50.1 Å². The number of aliphatic hydroxyl groups excluding tert-OH is 2. The van der Waals surface area contributed by atoms with Crippen LogP contribution in [0.15, 0.2) is 48.5 Å². The van der Waals surface area contributed by atoms with E-state index >= 15 is 0 Å². The number of halogens is 2. The van der Waals surface area contributed by atoms with Crippen molar-refractivity contribution < 1.29 is 33.7 Å². The number of aliphatic hydroxyl groups is 2. The van der Waals surface area contributed by atoms with Gasteiger partial charge in [-0.2, -0.15) is 0 Å². The highest BCUT2D eigenvalue weighted by atomic mass is 35.5. The van der Waals surface area contributed by atoms with E-state index in [9.17, 15) is 24.2 Å². The van der Waals surface area contributed by atoms with Gasteiger partial charge >= 0.3 is 0 Å². The van der Waals surface area contributed by atoms with Gasteiger partial charge in [-0.15, -0.1) is 12.4 Å². The van der Waals surface area contributed by atoms with Gasteiger partial charge in [0.1, 0.15) is 24.1 Å². The average Bonchev–Trinajstić information content (AvgIpc) is 2.97. The summed E-state index contributed by atoms with van der Waals surface area (Å²) in [6.07, 6.45) is -1.57. The normalized spacial score (nSPS) is 21.0. The molecule has 0 unspecified atom stereocenters. The molecule has 9 nitrogen and oxygen atoms in total. The van der Waals surface area contributed by atoms with Crippen LogP contribution in [0, 0.1) is 11.7 Å². The van der Waals surface area contributed by atoms with Crippen LogP contribution in [0.3, 0.4) is 0 Å². The number of nitrogens with two attached hydrogens (primary N) is 1. The molecule has 1 aliphatic rings. The summed E-state index contributed by atoms with van der Waals surface area (Å²) in [5, 5.41) is 21.7. The van der Waals surface area contributed by atoms with Crippen molar-refractivity contribution in [1.29, 1.82) is 0 Å². The first-order valence-electron chi connectivity index (χ1n) is 14.4. The van der Waals surface area contributed by atoms with Gasteiger partial charge in [0.25, 0.3) is 11.8 Å². The standard InChI is InChI=1S/C31H44FN3O6.ClH/c1-22(2)13-18-41-28-20-35(31(39)25-7-3-4-8-26(25)32)16-15-34(14-5-6-17-40-21-27(36)29(28)37)30(38)24-11-9-23(19-33)10-12-24;/h3-4,7-12,22,27-29,36-37H,5-6,13-21,33H2,1-2H3;1H/t27-,28-,29-;/m1./s1. The summed E-state index contributed by atoms with van der Waals surface area (Å²) in [7, 11) is 0. The zero-order valence-electron chi connectivity index (χ0n) is 24.5. The molecule has 2 aromatic carbocycles. The minimum absolute atomic E-state index is 0. The summed E-state index contributed by atoms with van der Waals surface area (Å²) < 4.78 is 26.3. The molecule has 2 aromatic rings. The maximum absolute atomic E-state index is 14.7. The first-order valence-corrected chi connectivity index (χ1v) is 14.4. The highest BCUT2D eigenvalue weighted by Crippen LogP contribution is 2.17. The third-order valence-corrected chi connectivity index (χ3v) is 7.21. The Kier molecular flexibility index (Phi) is 15.4. The zero-order chi connectivity index (χ0) is 29.8. The van der Waals surface area contributed by atoms with Crippen LogP contribution in [-0.4, -0.2) is 96.1 Å². The molecule has 0 bridgehead atoms. The molecule has 3 atom stereocenters. The Morgan fingerprint density at radius 3 is 2.38 bits per heavy atom. The third kappa shape index (κ3) is 10.6. The Morgan fingerprint density at radius 1 is 1.02 bits per heavy atom. The predicted molar refractivity (Wildman–Crippen MR) is 161 cm³/mol. The van der Waals surface area contributed by atoms with Gasteiger partial charge in [-0.05, 0) is 55.0 Å². The lowest BCUT2D eigenvalue weighted by atomic mass is 10.1. The van der Waals surface area contributed by atoms with Crippen LogP contribution in [0.2, 0.25) is 0 Å². The van der Waals surface area contributed by atoms with Crippen LogP contribution in [0.4, 0.5) is 4.39 Å². The summed E-state index contributed by atoms with van der Waals surface area (Å²) in [5.74, 6) is -1.12. The molecule has 1 saturated heterocycles. The van der Waals surface area contributed by atoms with Gasteiger partial charge in [-0.3, -0.25) is 9.59 Å². The molecule has 1 fully saturated rings. The zero-order valence-corrected chi connectivity index (χ0v) is 25.3. The van der Waals surface area contributed by atoms with Gasteiger partial charge in [0.15, 0.2) is 0 Å². The van der Waals surface area contributed by atoms with Crippen LogP contribution in [0.5, 0.6) is 0 Å². The quantitative estimate of drug-likeness (QED) is 0.440. The van der Waals surface area contributed by atoms with E-state index in [1.807, 2.05) is 26.0 Å². The lowest BCUT2D eigenvalue weighted by Crippen LogP contribution is -2.51. The van der Waals surface area contributed by atoms with Gasteiger partial charge in [0, 0.05) is 51.5 Å². The van der Waals surface area contributed by atoms with Crippen molar-refractivity contribution in [3.63, 3.8) is 0 Å². The summed E-state index contributed by atoms with van der Waals surface area (Å²) >= 11 is 0. The van der Waals surface area contributed by atoms with E-state index in [0.29, 0.717) is 57.0 Å². The molecule has 11 heteroatoms. The lowest BCUT2D eigenvalue weighted by Gasteiger charge is -2.34. The van der Waals surface area contributed by atoms with Crippen LogP contribution in [0.25, 0.3) is 0 Å². The smallest absolute Gasteiger partial charge is 0.256 e. The highest BCUT2D eigenvalue weighted by Gasteiger charge is 2.32. The Labute approximate surface area is 254 Å². The first-order chi connectivity index (χ1) is 19.7. The Bertz CT molecular complexity index is 1110. The molecular weight excluding hydrogens is 565 g/mol. The number of carbonyl (C=O) groups excluding carboxylic acids is 2. The maximum Gasteiger partial charge on any atom is 0.256 e. The SMILES string of the molecule is CC(C)CCO[C@@H]1CN(C(=O)c2ccccc2F)CCN(C(=O)c2ccc(CN)cc2)CCCCOC[C@@H](O)[C@H]1O.Cl. The molecule has 0 radical (unpaired) electrons. The molecule has 4 N–H and O–H groups in total. The number of nitrogens with zero attached hydrogens (tertiary/aromatic N) is 2. The Morgan fingerprint density at radius 2 is 1.71 bits per heavy atom. The molecule has 1 aliphatic heterocycles. The Hall–Kier alpha value is -2.60. The fourth-order valence-corrected chi connectivity index (χ4v) is 4.59. The number of benzene rings is 2. The molecular formula is C31H45ClFN3O6. The fraction of sp³-hybridized carbons (Fsp3) is 0.548. The molecule has 0 aromatic heterocycles. The van der Waals surface area contributed by atoms with Gasteiger partial charge in [-0.25, -0.2) is 4.39 Å². The molecule has 42 heavy (non-hydrogen) atoms. The van der Waals surface area contributed by atoms with E-state index < -0.39 is 30.0 Å². The Balaban J connectivity index is 0.00000616. The number of ether oxygens (including phenoxy) is 2. The van der Waals surface area contributed by atoms with Crippen LogP contribution in [0.1, 0.15) is 59.4 Å². The molecule has 0 spiro atoms. The van der Waals surface area contributed by atoms with E-state index in [2.05, 4.69) is 0 Å². The van der Waals surface area contributed by atoms with E-state index in [1.165, 1.54) is 23.1 Å². The van der Waals surface area contributed by atoms with Crippen molar-refractivity contribution in [3.05, 3.63) is 71.0 Å². The van der Waals surface area contributed by atoms with Crippen molar-refractivity contribution in [2.45, 2.75) is 58.0 Å². The maximum atomic E-state index is 14.7. The third-order valence-electron chi connectivity index (χ3n) is 7.21. The monoisotopic (exact) mass is 609 g/mol. The average molecular weight is 610 g/mol. The van der Waals surface area contributed by atoms with E-state index in [1.54, 1.807) is 23.1 Å². The largest absolute Gasteiger partial charge is 0.388 e. The number of rotatable bonds is 7. The molecule has 2 amide bonds. The second-order valence-corrected chi connectivity index (χ2v) is 10.9. The second-order valence-electron chi connectivity index (χ2n) is 10.9. The minimum atomic E-state index is -1.35. The molecule has 1 heterocycles. The number of hydrogen-bond donors (Lipinski definition) is 3. The van der Waals surface area contributed by atoms with Gasteiger partial charge in [-0.1, -0.05) is 38.1 Å². The van der Waals surface area contributed by atoms with Crippen molar-refractivity contribution in [2.24, 2.45) is 11.7 Å². The van der Waals surface area contributed by atoms with Crippen LogP contribution < -0.4 is 5.73 Å². The minimum Gasteiger partial charge on any atom is -0.388 e. The van der Waals surface area contributed by atoms with Crippen molar-refractivity contribution in [3.8, 4) is 0 Å². The van der Waals surface area contributed by atoms with Crippen molar-refractivity contribution >= 4 is 24.2 Å². The van der Waals surface area contributed by atoms with Gasteiger partial charge in [0.2, 0.25) is 0 Å². The molecule has 0 saturated carbocycles. The summed E-state index contributed by atoms with van der Waals surface area (Å²) in [4.78, 5) is 30.2. The first kappa shape index (κ1) is 35.6. The predicted octanol–water partition coefficient (Wildman–Crippen LogP) is 3.25. The van der Waals surface area contributed by atoms with Gasteiger partial charge in [0.05, 0.1) is 12.2 Å². The fourth-order valence-electron chi connectivity index (χ4n) is 4.59. The van der Waals surface area contributed by atoms with Gasteiger partial charge < -0.3 is 35.2 Å². The van der Waals surface area contributed by atoms with Crippen molar-refractivity contribution in [2.75, 3.05) is 46.0 Å². The number of carbonyl (C=O) groups is 2. The highest BCUT2D eigenvalue weighted by molar-refractivity contribution is 5.95. The second kappa shape index (κ2) is 18.1. The lowest BCUT2D eigenvalue weighted by molar-refractivity contribution is -0.116. The molecule has 3 rings (SSSR count). The molecule has 0 aliphatic carbocycles. The van der Waals surface area contributed by atoms with E-state index in [0.717, 1.165) is 5.56 Å². The van der Waals surface area contributed by atoms with E-state index in [4.69, 9.17) is 15.2 Å². The summed E-state index contributed by atoms with van der Waals surface area (Å²) in [5.41, 5.74) is 6.99. The van der Waals surface area contributed by atoms with Crippen LogP contribution >= 0.6 is 12.4 Å². The van der Waals surface area contributed by atoms with Crippen LogP contribution in [-0.2, 0) is 16.0 Å².